The molecule has 1 N–H and O–H groups in total. The Hall–Kier alpha value is -0.940. The molecular formula is C11H18N2O2S. The van der Waals surface area contributed by atoms with E-state index in [-0.39, 0.29) is 18.1 Å². The molecule has 0 radical (unpaired) electrons. The van der Waals surface area contributed by atoms with E-state index in [2.05, 4.69) is 17.2 Å². The molecule has 2 unspecified atom stereocenters. The van der Waals surface area contributed by atoms with Crippen LogP contribution in [-0.4, -0.2) is 23.6 Å². The second-order valence-electron chi connectivity index (χ2n) is 3.47. The first-order valence-electron chi connectivity index (χ1n) is 5.51. The SMILES string of the molecule is CCOC(=O)C(C)NC(CC)c1nccs1. The number of aromatic nitrogens is 1. The van der Waals surface area contributed by atoms with Crippen LogP contribution in [0.2, 0.25) is 0 Å². The van der Waals surface area contributed by atoms with Crippen molar-refractivity contribution in [2.24, 2.45) is 0 Å². The van der Waals surface area contributed by atoms with Crippen LogP contribution in [0.1, 0.15) is 38.2 Å². The van der Waals surface area contributed by atoms with E-state index in [1.807, 2.05) is 19.2 Å². The Morgan fingerprint density at radius 3 is 2.88 bits per heavy atom. The first-order valence-corrected chi connectivity index (χ1v) is 6.39. The topological polar surface area (TPSA) is 51.2 Å². The van der Waals surface area contributed by atoms with Crippen LogP contribution in [0.3, 0.4) is 0 Å². The van der Waals surface area contributed by atoms with E-state index < -0.39 is 0 Å². The van der Waals surface area contributed by atoms with Crippen molar-refractivity contribution >= 4 is 17.3 Å². The monoisotopic (exact) mass is 242 g/mol. The molecule has 0 aliphatic rings. The standard InChI is InChI=1S/C11H18N2O2S/c1-4-9(10-12-6-7-16-10)13-8(3)11(14)15-5-2/h6-9,13H,4-5H2,1-3H3. The molecule has 0 aliphatic carbocycles. The lowest BCUT2D eigenvalue weighted by molar-refractivity contribution is -0.145. The van der Waals surface area contributed by atoms with Gasteiger partial charge in [0.2, 0.25) is 0 Å². The Labute approximate surface area is 100 Å². The minimum Gasteiger partial charge on any atom is -0.465 e. The van der Waals surface area contributed by atoms with Crippen LogP contribution in [-0.2, 0) is 9.53 Å². The van der Waals surface area contributed by atoms with Crippen molar-refractivity contribution in [1.82, 2.24) is 10.3 Å². The van der Waals surface area contributed by atoms with Gasteiger partial charge in [0.05, 0.1) is 12.6 Å². The van der Waals surface area contributed by atoms with Crippen LogP contribution in [0, 0.1) is 0 Å². The summed E-state index contributed by atoms with van der Waals surface area (Å²) in [6, 6.07) is -0.173. The van der Waals surface area contributed by atoms with Crippen LogP contribution in [0.15, 0.2) is 11.6 Å². The molecule has 0 bridgehead atoms. The molecule has 90 valence electrons. The molecule has 0 fully saturated rings. The van der Waals surface area contributed by atoms with Gasteiger partial charge >= 0.3 is 5.97 Å². The quantitative estimate of drug-likeness (QED) is 0.776. The molecule has 4 nitrogen and oxygen atoms in total. The molecule has 0 spiro atoms. The third kappa shape index (κ3) is 3.57. The Morgan fingerprint density at radius 2 is 2.38 bits per heavy atom. The van der Waals surface area contributed by atoms with Gasteiger partial charge in [-0.15, -0.1) is 11.3 Å². The summed E-state index contributed by atoms with van der Waals surface area (Å²) in [5, 5.41) is 6.18. The Balaban J connectivity index is 2.54. The van der Waals surface area contributed by atoms with Crippen LogP contribution >= 0.6 is 11.3 Å². The summed E-state index contributed by atoms with van der Waals surface area (Å²) in [5.74, 6) is -0.211. The first kappa shape index (κ1) is 13.1. The van der Waals surface area contributed by atoms with E-state index in [9.17, 15) is 4.79 Å². The highest BCUT2D eigenvalue weighted by Gasteiger charge is 2.20. The van der Waals surface area contributed by atoms with E-state index in [1.165, 1.54) is 0 Å². The van der Waals surface area contributed by atoms with E-state index >= 15 is 0 Å². The molecule has 1 aromatic rings. The number of hydrogen-bond donors (Lipinski definition) is 1. The van der Waals surface area contributed by atoms with Crippen LogP contribution in [0.5, 0.6) is 0 Å². The number of nitrogens with zero attached hydrogens (tertiary/aromatic N) is 1. The summed E-state index contributed by atoms with van der Waals surface area (Å²) in [6.45, 7) is 6.10. The summed E-state index contributed by atoms with van der Waals surface area (Å²) in [5.41, 5.74) is 0. The second-order valence-corrected chi connectivity index (χ2v) is 4.40. The van der Waals surface area contributed by atoms with Crippen molar-refractivity contribution in [1.29, 1.82) is 0 Å². The average molecular weight is 242 g/mol. The third-order valence-electron chi connectivity index (χ3n) is 2.25. The third-order valence-corrected chi connectivity index (χ3v) is 3.14. The molecule has 0 aliphatic heterocycles. The molecule has 0 saturated heterocycles. The summed E-state index contributed by atoms with van der Waals surface area (Å²) in [7, 11) is 0. The molecule has 1 heterocycles. The van der Waals surface area contributed by atoms with Gasteiger partial charge in [0.25, 0.3) is 0 Å². The summed E-state index contributed by atoms with van der Waals surface area (Å²) in [6.07, 6.45) is 2.68. The number of thiazole rings is 1. The maximum atomic E-state index is 11.5. The molecule has 1 aromatic heterocycles. The number of carbonyl (C=O) groups is 1. The summed E-state index contributed by atoms with van der Waals surface area (Å²) < 4.78 is 4.95. The highest BCUT2D eigenvalue weighted by atomic mass is 32.1. The second kappa shape index (κ2) is 6.60. The predicted molar refractivity (Wildman–Crippen MR) is 64.4 cm³/mol. The van der Waals surface area contributed by atoms with Crippen molar-refractivity contribution in [2.45, 2.75) is 39.3 Å². The van der Waals surface area contributed by atoms with Gasteiger partial charge in [-0.1, -0.05) is 6.92 Å². The predicted octanol–water partition coefficient (Wildman–Crippen LogP) is 2.14. The number of nitrogens with one attached hydrogen (secondary N) is 1. The number of rotatable bonds is 6. The lowest BCUT2D eigenvalue weighted by atomic mass is 10.2. The maximum Gasteiger partial charge on any atom is 0.322 e. The van der Waals surface area contributed by atoms with Crippen LogP contribution < -0.4 is 5.32 Å². The fourth-order valence-corrected chi connectivity index (χ4v) is 2.19. The first-order chi connectivity index (χ1) is 7.69. The smallest absolute Gasteiger partial charge is 0.322 e. The average Bonchev–Trinajstić information content (AvgIpc) is 2.79. The van der Waals surface area contributed by atoms with Crippen molar-refractivity contribution in [3.8, 4) is 0 Å². The minimum absolute atomic E-state index is 0.124. The highest BCUT2D eigenvalue weighted by molar-refractivity contribution is 7.09. The van der Waals surface area contributed by atoms with Gasteiger partial charge in [-0.25, -0.2) is 4.98 Å². The van der Waals surface area contributed by atoms with Gasteiger partial charge in [-0.3, -0.25) is 10.1 Å². The van der Waals surface area contributed by atoms with E-state index in [1.54, 1.807) is 17.5 Å². The molecule has 0 saturated carbocycles. The minimum atomic E-state index is -0.297. The van der Waals surface area contributed by atoms with E-state index in [0.29, 0.717) is 6.61 Å². The molecular weight excluding hydrogens is 224 g/mol. The van der Waals surface area contributed by atoms with Crippen molar-refractivity contribution in [2.75, 3.05) is 6.61 Å². The van der Waals surface area contributed by atoms with Gasteiger partial charge in [0.1, 0.15) is 11.0 Å². The van der Waals surface area contributed by atoms with Crippen LogP contribution in [0.4, 0.5) is 0 Å². The molecule has 16 heavy (non-hydrogen) atoms. The zero-order chi connectivity index (χ0) is 12.0. The van der Waals surface area contributed by atoms with Gasteiger partial charge < -0.3 is 4.74 Å². The van der Waals surface area contributed by atoms with Gasteiger partial charge in [0.15, 0.2) is 0 Å². The summed E-state index contributed by atoms with van der Waals surface area (Å²) in [4.78, 5) is 15.7. The van der Waals surface area contributed by atoms with Gasteiger partial charge in [-0.05, 0) is 20.3 Å². The Morgan fingerprint density at radius 1 is 1.62 bits per heavy atom. The zero-order valence-electron chi connectivity index (χ0n) is 9.90. The zero-order valence-corrected chi connectivity index (χ0v) is 10.7. The van der Waals surface area contributed by atoms with Crippen molar-refractivity contribution in [3.63, 3.8) is 0 Å². The maximum absolute atomic E-state index is 11.5. The highest BCUT2D eigenvalue weighted by Crippen LogP contribution is 2.19. The largest absolute Gasteiger partial charge is 0.465 e. The Bertz CT molecular complexity index is 314. The fourth-order valence-electron chi connectivity index (χ4n) is 1.41. The number of ether oxygens (including phenoxy) is 1. The molecule has 2 atom stereocenters. The Kier molecular flexibility index (Phi) is 5.42. The molecule has 1 rings (SSSR count). The fraction of sp³-hybridized carbons (Fsp3) is 0.636. The van der Waals surface area contributed by atoms with Crippen molar-refractivity contribution < 1.29 is 9.53 Å². The van der Waals surface area contributed by atoms with E-state index in [4.69, 9.17) is 4.74 Å². The molecule has 5 heteroatoms. The van der Waals surface area contributed by atoms with Gasteiger partial charge in [0, 0.05) is 11.6 Å². The number of hydrogen-bond acceptors (Lipinski definition) is 5. The lowest BCUT2D eigenvalue weighted by Crippen LogP contribution is -2.37. The molecule has 0 amide bonds. The van der Waals surface area contributed by atoms with Crippen LogP contribution in [0.25, 0.3) is 0 Å². The van der Waals surface area contributed by atoms with Crippen molar-refractivity contribution in [3.05, 3.63) is 16.6 Å². The number of carbonyl (C=O) groups excluding carboxylic acids is 1. The lowest BCUT2D eigenvalue weighted by Gasteiger charge is -2.19. The van der Waals surface area contributed by atoms with Gasteiger partial charge in [-0.2, -0.15) is 0 Å². The summed E-state index contributed by atoms with van der Waals surface area (Å²) >= 11 is 1.60. The normalized spacial score (nSPS) is 14.4. The molecule has 0 aromatic carbocycles. The van der Waals surface area contributed by atoms with E-state index in [0.717, 1.165) is 11.4 Å². The number of esters is 1.